The average Bonchev–Trinajstić information content (AvgIpc) is 2.56. The Bertz CT molecular complexity index is 276. The smallest absolute Gasteiger partial charge is 0.247 e. The lowest BCUT2D eigenvalue weighted by molar-refractivity contribution is -0.117. The Hall–Kier alpha value is -0.940. The van der Waals surface area contributed by atoms with Gasteiger partial charge in [-0.05, 0) is 14.1 Å². The maximum Gasteiger partial charge on any atom is 0.247 e. The van der Waals surface area contributed by atoms with Crippen molar-refractivity contribution in [2.75, 3.05) is 40.3 Å². The standard InChI is InChI=1S/C9H16N4O/c1-12-3-4-13(2)7(6-12)9-10-5-8(14)11-9/h7H,3-6H2,1-2H3,(H,10,11,14). The van der Waals surface area contributed by atoms with Crippen molar-refractivity contribution in [2.45, 2.75) is 6.04 Å². The van der Waals surface area contributed by atoms with Crippen LogP contribution in [0.15, 0.2) is 4.99 Å². The van der Waals surface area contributed by atoms with Gasteiger partial charge in [-0.25, -0.2) is 0 Å². The predicted octanol–water partition coefficient (Wildman–Crippen LogP) is -1.24. The predicted molar refractivity (Wildman–Crippen MR) is 54.4 cm³/mol. The maximum absolute atomic E-state index is 11.0. The van der Waals surface area contributed by atoms with E-state index in [0.29, 0.717) is 6.54 Å². The van der Waals surface area contributed by atoms with Gasteiger partial charge in [-0.15, -0.1) is 0 Å². The van der Waals surface area contributed by atoms with Gasteiger partial charge in [0.05, 0.1) is 6.04 Å². The van der Waals surface area contributed by atoms with Crippen LogP contribution in [0.3, 0.4) is 0 Å². The highest BCUT2D eigenvalue weighted by Crippen LogP contribution is 2.08. The first-order chi connectivity index (χ1) is 6.66. The summed E-state index contributed by atoms with van der Waals surface area (Å²) >= 11 is 0. The summed E-state index contributed by atoms with van der Waals surface area (Å²) in [5, 5.41) is 2.82. The van der Waals surface area contributed by atoms with Crippen molar-refractivity contribution in [3.05, 3.63) is 0 Å². The molecule has 0 radical (unpaired) electrons. The molecular formula is C9H16N4O. The minimum Gasteiger partial charge on any atom is -0.312 e. The molecule has 1 N–H and O–H groups in total. The highest BCUT2D eigenvalue weighted by molar-refractivity contribution is 6.06. The highest BCUT2D eigenvalue weighted by Gasteiger charge is 2.29. The topological polar surface area (TPSA) is 47.9 Å². The van der Waals surface area contributed by atoms with Crippen molar-refractivity contribution in [1.82, 2.24) is 15.1 Å². The van der Waals surface area contributed by atoms with E-state index in [-0.39, 0.29) is 11.9 Å². The summed E-state index contributed by atoms with van der Waals surface area (Å²) in [5.41, 5.74) is 0. The van der Waals surface area contributed by atoms with Gasteiger partial charge in [0, 0.05) is 19.6 Å². The Kier molecular flexibility index (Phi) is 2.52. The molecule has 2 heterocycles. The number of amides is 1. The number of amidine groups is 1. The van der Waals surface area contributed by atoms with Gasteiger partial charge in [0.15, 0.2) is 0 Å². The van der Waals surface area contributed by atoms with Gasteiger partial charge in [0.1, 0.15) is 12.4 Å². The molecule has 0 aromatic heterocycles. The molecule has 0 aromatic rings. The number of nitrogens with zero attached hydrogens (tertiary/aromatic N) is 3. The molecule has 0 aliphatic carbocycles. The number of aliphatic imine (C=N–C) groups is 1. The molecule has 5 nitrogen and oxygen atoms in total. The minimum absolute atomic E-state index is 0.0154. The van der Waals surface area contributed by atoms with Crippen molar-refractivity contribution in [1.29, 1.82) is 0 Å². The Morgan fingerprint density at radius 2 is 2.21 bits per heavy atom. The molecule has 0 saturated carbocycles. The summed E-state index contributed by atoms with van der Waals surface area (Å²) in [4.78, 5) is 19.7. The molecule has 14 heavy (non-hydrogen) atoms. The Labute approximate surface area is 83.8 Å². The van der Waals surface area contributed by atoms with E-state index in [9.17, 15) is 4.79 Å². The Morgan fingerprint density at radius 1 is 1.43 bits per heavy atom. The van der Waals surface area contributed by atoms with Gasteiger partial charge < -0.3 is 10.2 Å². The summed E-state index contributed by atoms with van der Waals surface area (Å²) in [7, 11) is 4.17. The SMILES string of the molecule is CN1CCN(C)C(C2=NCC(=O)N2)C1. The highest BCUT2D eigenvalue weighted by atomic mass is 16.2. The zero-order valence-corrected chi connectivity index (χ0v) is 8.66. The van der Waals surface area contributed by atoms with E-state index in [1.807, 2.05) is 0 Å². The van der Waals surface area contributed by atoms with Crippen LogP contribution < -0.4 is 5.32 Å². The molecule has 1 atom stereocenters. The molecule has 0 spiro atoms. The molecule has 1 amide bonds. The number of piperazine rings is 1. The van der Waals surface area contributed by atoms with Crippen molar-refractivity contribution >= 4 is 11.7 Å². The van der Waals surface area contributed by atoms with Crippen molar-refractivity contribution < 1.29 is 4.79 Å². The first-order valence-corrected chi connectivity index (χ1v) is 4.90. The normalized spacial score (nSPS) is 30.3. The van der Waals surface area contributed by atoms with Crippen LogP contribution in [0.4, 0.5) is 0 Å². The summed E-state index contributed by atoms with van der Waals surface area (Å²) < 4.78 is 0. The number of rotatable bonds is 1. The second kappa shape index (κ2) is 3.67. The monoisotopic (exact) mass is 196 g/mol. The van der Waals surface area contributed by atoms with Crippen LogP contribution in [0.5, 0.6) is 0 Å². The lowest BCUT2D eigenvalue weighted by Crippen LogP contribution is -2.56. The average molecular weight is 196 g/mol. The third-order valence-corrected chi connectivity index (χ3v) is 2.83. The van der Waals surface area contributed by atoms with E-state index in [0.717, 1.165) is 25.5 Å². The maximum atomic E-state index is 11.0. The number of carbonyl (C=O) groups is 1. The summed E-state index contributed by atoms with van der Waals surface area (Å²) in [6.07, 6.45) is 0. The van der Waals surface area contributed by atoms with Crippen LogP contribution >= 0.6 is 0 Å². The largest absolute Gasteiger partial charge is 0.312 e. The number of likely N-dealkylation sites (N-methyl/N-ethyl adjacent to an activating group) is 2. The number of carbonyl (C=O) groups excluding carboxylic acids is 1. The zero-order chi connectivity index (χ0) is 10.1. The fourth-order valence-corrected chi connectivity index (χ4v) is 1.87. The number of nitrogens with one attached hydrogen (secondary N) is 1. The zero-order valence-electron chi connectivity index (χ0n) is 8.66. The van der Waals surface area contributed by atoms with Crippen LogP contribution in [0.25, 0.3) is 0 Å². The molecule has 0 bridgehead atoms. The lowest BCUT2D eigenvalue weighted by Gasteiger charge is -2.37. The lowest BCUT2D eigenvalue weighted by atomic mass is 10.1. The molecule has 1 fully saturated rings. The Balaban J connectivity index is 2.05. The van der Waals surface area contributed by atoms with Crippen LogP contribution in [0.2, 0.25) is 0 Å². The molecule has 1 unspecified atom stereocenters. The summed E-state index contributed by atoms with van der Waals surface area (Å²) in [6, 6.07) is 0.250. The van der Waals surface area contributed by atoms with E-state index >= 15 is 0 Å². The van der Waals surface area contributed by atoms with E-state index < -0.39 is 0 Å². The van der Waals surface area contributed by atoms with Gasteiger partial charge in [-0.2, -0.15) is 0 Å². The first kappa shape index (κ1) is 9.61. The van der Waals surface area contributed by atoms with E-state index in [2.05, 4.69) is 34.2 Å². The van der Waals surface area contributed by atoms with Crippen LogP contribution in [-0.4, -0.2) is 67.9 Å². The van der Waals surface area contributed by atoms with Crippen LogP contribution in [0, 0.1) is 0 Å². The fourth-order valence-electron chi connectivity index (χ4n) is 1.87. The van der Waals surface area contributed by atoms with Gasteiger partial charge in [0.2, 0.25) is 5.91 Å². The molecule has 2 aliphatic rings. The van der Waals surface area contributed by atoms with Crippen LogP contribution in [-0.2, 0) is 4.79 Å². The van der Waals surface area contributed by atoms with Gasteiger partial charge in [-0.1, -0.05) is 0 Å². The summed E-state index contributed by atoms with van der Waals surface area (Å²) in [6.45, 7) is 3.34. The fraction of sp³-hybridized carbons (Fsp3) is 0.778. The van der Waals surface area contributed by atoms with Crippen molar-refractivity contribution in [3.8, 4) is 0 Å². The third kappa shape index (κ3) is 1.78. The third-order valence-electron chi connectivity index (χ3n) is 2.83. The second-order valence-electron chi connectivity index (χ2n) is 4.01. The quantitative estimate of drug-likeness (QED) is 0.571. The van der Waals surface area contributed by atoms with Gasteiger partial charge in [-0.3, -0.25) is 14.7 Å². The first-order valence-electron chi connectivity index (χ1n) is 4.90. The van der Waals surface area contributed by atoms with Crippen molar-refractivity contribution in [3.63, 3.8) is 0 Å². The van der Waals surface area contributed by atoms with E-state index in [4.69, 9.17) is 0 Å². The number of hydrogen-bond acceptors (Lipinski definition) is 4. The van der Waals surface area contributed by atoms with Crippen LogP contribution in [0.1, 0.15) is 0 Å². The van der Waals surface area contributed by atoms with Gasteiger partial charge >= 0.3 is 0 Å². The molecule has 0 aromatic carbocycles. The minimum atomic E-state index is 0.0154. The molecule has 2 aliphatic heterocycles. The van der Waals surface area contributed by atoms with Gasteiger partial charge in [0.25, 0.3) is 0 Å². The Morgan fingerprint density at radius 3 is 2.86 bits per heavy atom. The molecule has 5 heteroatoms. The van der Waals surface area contributed by atoms with E-state index in [1.165, 1.54) is 0 Å². The van der Waals surface area contributed by atoms with E-state index in [1.54, 1.807) is 0 Å². The molecule has 1 saturated heterocycles. The molecule has 78 valence electrons. The van der Waals surface area contributed by atoms with Crippen molar-refractivity contribution in [2.24, 2.45) is 4.99 Å². The number of hydrogen-bond donors (Lipinski definition) is 1. The molecule has 2 rings (SSSR count). The second-order valence-corrected chi connectivity index (χ2v) is 4.01. The summed E-state index contributed by atoms with van der Waals surface area (Å²) in [5.74, 6) is 0.852. The molecular weight excluding hydrogens is 180 g/mol.